The lowest BCUT2D eigenvalue weighted by molar-refractivity contribution is -0.132. The van der Waals surface area contributed by atoms with Crippen LogP contribution >= 0.6 is 0 Å². The highest BCUT2D eigenvalue weighted by Crippen LogP contribution is 2.48. The molecular formula is C13H14F3NO. The summed E-state index contributed by atoms with van der Waals surface area (Å²) in [7, 11) is 0. The molecule has 0 spiro atoms. The summed E-state index contributed by atoms with van der Waals surface area (Å²) in [6.45, 7) is 0. The first-order valence-electron chi connectivity index (χ1n) is 5.86. The van der Waals surface area contributed by atoms with Crippen molar-refractivity contribution in [1.82, 2.24) is 0 Å². The SMILES string of the molecule is NC(=O)C1CCCC1C(F)(F)c1ccccc1F. The second-order valence-corrected chi connectivity index (χ2v) is 4.65. The van der Waals surface area contributed by atoms with Gasteiger partial charge in [-0.15, -0.1) is 0 Å². The third-order valence-electron chi connectivity index (χ3n) is 3.58. The van der Waals surface area contributed by atoms with Crippen LogP contribution in [0.2, 0.25) is 0 Å². The van der Waals surface area contributed by atoms with E-state index in [1.54, 1.807) is 0 Å². The number of carbonyl (C=O) groups is 1. The lowest BCUT2D eigenvalue weighted by Gasteiger charge is -2.27. The van der Waals surface area contributed by atoms with Crippen molar-refractivity contribution in [3.8, 4) is 0 Å². The molecule has 0 bridgehead atoms. The molecule has 0 aromatic heterocycles. The quantitative estimate of drug-likeness (QED) is 0.889. The van der Waals surface area contributed by atoms with Crippen LogP contribution in [0, 0.1) is 17.7 Å². The number of benzene rings is 1. The summed E-state index contributed by atoms with van der Waals surface area (Å²) in [5.74, 6) is -7.11. The summed E-state index contributed by atoms with van der Waals surface area (Å²) in [5.41, 5.74) is 4.49. The zero-order valence-corrected chi connectivity index (χ0v) is 9.70. The van der Waals surface area contributed by atoms with E-state index in [1.807, 2.05) is 0 Å². The third-order valence-corrected chi connectivity index (χ3v) is 3.58. The predicted octanol–water partition coefficient (Wildman–Crippen LogP) is 2.82. The van der Waals surface area contributed by atoms with Gasteiger partial charge in [-0.3, -0.25) is 4.79 Å². The molecule has 1 amide bonds. The Morgan fingerprint density at radius 1 is 1.28 bits per heavy atom. The number of hydrogen-bond donors (Lipinski definition) is 1. The first kappa shape index (κ1) is 12.9. The Morgan fingerprint density at radius 3 is 2.56 bits per heavy atom. The highest BCUT2D eigenvalue weighted by atomic mass is 19.3. The second-order valence-electron chi connectivity index (χ2n) is 4.65. The topological polar surface area (TPSA) is 43.1 Å². The van der Waals surface area contributed by atoms with Crippen molar-refractivity contribution in [2.75, 3.05) is 0 Å². The Kier molecular flexibility index (Phi) is 3.32. The average Bonchev–Trinajstić information content (AvgIpc) is 2.78. The van der Waals surface area contributed by atoms with E-state index in [9.17, 15) is 18.0 Å². The standard InChI is InChI=1S/C13H14F3NO/c14-11-7-2-1-5-10(11)13(15,16)9-6-3-4-8(9)12(17)18/h1-2,5,7-9H,3-4,6H2,(H2,17,18). The van der Waals surface area contributed by atoms with E-state index in [4.69, 9.17) is 5.73 Å². The molecule has 0 saturated heterocycles. The van der Waals surface area contributed by atoms with Crippen molar-refractivity contribution in [3.05, 3.63) is 35.6 Å². The maximum Gasteiger partial charge on any atom is 0.279 e. The molecule has 1 aliphatic carbocycles. The molecule has 18 heavy (non-hydrogen) atoms. The van der Waals surface area contributed by atoms with Gasteiger partial charge >= 0.3 is 0 Å². The van der Waals surface area contributed by atoms with E-state index in [0.717, 1.165) is 12.1 Å². The number of nitrogens with two attached hydrogens (primary N) is 1. The highest BCUT2D eigenvalue weighted by molar-refractivity contribution is 5.77. The fourth-order valence-corrected chi connectivity index (χ4v) is 2.67. The van der Waals surface area contributed by atoms with Gasteiger partial charge in [0.05, 0.1) is 5.56 Å². The number of alkyl halides is 2. The fraction of sp³-hybridized carbons (Fsp3) is 0.462. The molecule has 2 N–H and O–H groups in total. The van der Waals surface area contributed by atoms with Gasteiger partial charge in [-0.05, 0) is 18.9 Å². The number of primary amides is 1. The van der Waals surface area contributed by atoms with Crippen LogP contribution in [0.15, 0.2) is 24.3 Å². The summed E-state index contributed by atoms with van der Waals surface area (Å²) in [4.78, 5) is 11.2. The maximum atomic E-state index is 14.3. The molecule has 1 fully saturated rings. The average molecular weight is 257 g/mol. The molecule has 2 unspecified atom stereocenters. The molecule has 5 heteroatoms. The van der Waals surface area contributed by atoms with Crippen LogP contribution in [0.1, 0.15) is 24.8 Å². The van der Waals surface area contributed by atoms with Gasteiger partial charge in [0, 0.05) is 11.8 Å². The summed E-state index contributed by atoms with van der Waals surface area (Å²) >= 11 is 0. The van der Waals surface area contributed by atoms with Crippen LogP contribution in [0.4, 0.5) is 13.2 Å². The minimum Gasteiger partial charge on any atom is -0.369 e. The van der Waals surface area contributed by atoms with Crippen molar-refractivity contribution in [2.24, 2.45) is 17.6 Å². The minimum absolute atomic E-state index is 0.189. The minimum atomic E-state index is -3.36. The van der Waals surface area contributed by atoms with Crippen LogP contribution in [0.25, 0.3) is 0 Å². The summed E-state index contributed by atoms with van der Waals surface area (Å²) in [6, 6.07) is 4.78. The number of halogens is 3. The Balaban J connectivity index is 2.36. The van der Waals surface area contributed by atoms with Gasteiger partial charge in [0.1, 0.15) is 5.82 Å². The van der Waals surface area contributed by atoms with E-state index in [1.165, 1.54) is 12.1 Å². The summed E-state index contributed by atoms with van der Waals surface area (Å²) in [5, 5.41) is 0. The molecule has 1 aromatic rings. The van der Waals surface area contributed by atoms with Crippen molar-refractivity contribution in [3.63, 3.8) is 0 Å². The third kappa shape index (κ3) is 2.09. The van der Waals surface area contributed by atoms with Crippen LogP contribution in [0.3, 0.4) is 0 Å². The van der Waals surface area contributed by atoms with E-state index < -0.39 is 35.0 Å². The zero-order chi connectivity index (χ0) is 13.3. The van der Waals surface area contributed by atoms with E-state index in [2.05, 4.69) is 0 Å². The maximum absolute atomic E-state index is 14.3. The van der Waals surface area contributed by atoms with Crippen molar-refractivity contribution in [2.45, 2.75) is 25.2 Å². The summed E-state index contributed by atoms with van der Waals surface area (Å²) in [6.07, 6.45) is 1.06. The molecule has 1 saturated carbocycles. The molecule has 0 radical (unpaired) electrons. The normalized spacial score (nSPS) is 24.2. The van der Waals surface area contributed by atoms with Crippen LogP contribution in [-0.2, 0) is 10.7 Å². The van der Waals surface area contributed by atoms with E-state index >= 15 is 0 Å². The number of amides is 1. The van der Waals surface area contributed by atoms with Crippen molar-refractivity contribution < 1.29 is 18.0 Å². The van der Waals surface area contributed by atoms with Crippen molar-refractivity contribution in [1.29, 1.82) is 0 Å². The molecular weight excluding hydrogens is 243 g/mol. The number of rotatable bonds is 3. The Hall–Kier alpha value is -1.52. The molecule has 0 heterocycles. The Bertz CT molecular complexity index is 461. The van der Waals surface area contributed by atoms with Crippen LogP contribution in [0.5, 0.6) is 0 Å². The van der Waals surface area contributed by atoms with Gasteiger partial charge in [-0.2, -0.15) is 0 Å². The smallest absolute Gasteiger partial charge is 0.279 e. The van der Waals surface area contributed by atoms with Gasteiger partial charge in [-0.25, -0.2) is 13.2 Å². The molecule has 1 aliphatic rings. The van der Waals surface area contributed by atoms with Gasteiger partial charge < -0.3 is 5.73 Å². The van der Waals surface area contributed by atoms with Gasteiger partial charge in [0.25, 0.3) is 5.92 Å². The lowest BCUT2D eigenvalue weighted by atomic mass is 9.85. The predicted molar refractivity (Wildman–Crippen MR) is 60.3 cm³/mol. The molecule has 2 atom stereocenters. The van der Waals surface area contributed by atoms with Crippen LogP contribution < -0.4 is 5.73 Å². The Labute approximate surface area is 103 Å². The largest absolute Gasteiger partial charge is 0.369 e. The molecule has 2 nitrogen and oxygen atoms in total. The highest BCUT2D eigenvalue weighted by Gasteiger charge is 2.50. The second kappa shape index (κ2) is 4.63. The van der Waals surface area contributed by atoms with Gasteiger partial charge in [-0.1, -0.05) is 24.6 Å². The monoisotopic (exact) mass is 257 g/mol. The van der Waals surface area contributed by atoms with E-state index in [-0.39, 0.29) is 6.42 Å². The van der Waals surface area contributed by atoms with E-state index in [0.29, 0.717) is 12.8 Å². The first-order valence-corrected chi connectivity index (χ1v) is 5.86. The van der Waals surface area contributed by atoms with Gasteiger partial charge in [0.2, 0.25) is 5.91 Å². The Morgan fingerprint density at radius 2 is 1.94 bits per heavy atom. The van der Waals surface area contributed by atoms with Crippen molar-refractivity contribution >= 4 is 5.91 Å². The fourth-order valence-electron chi connectivity index (χ4n) is 2.67. The van der Waals surface area contributed by atoms with Gasteiger partial charge in [0.15, 0.2) is 0 Å². The molecule has 2 rings (SSSR count). The number of hydrogen-bond acceptors (Lipinski definition) is 1. The van der Waals surface area contributed by atoms with Crippen LogP contribution in [-0.4, -0.2) is 5.91 Å². The first-order chi connectivity index (χ1) is 8.44. The molecule has 0 aliphatic heterocycles. The number of carbonyl (C=O) groups excluding carboxylic acids is 1. The summed E-state index contributed by atoms with van der Waals surface area (Å²) < 4.78 is 42.0. The molecule has 1 aromatic carbocycles. The zero-order valence-electron chi connectivity index (χ0n) is 9.70. The lowest BCUT2D eigenvalue weighted by Crippen LogP contribution is -2.36. The molecule has 98 valence electrons.